The third-order valence-electron chi connectivity index (χ3n) is 5.94. The molecular formula is C22H18ClF3N7OSi. The lowest BCUT2D eigenvalue weighted by Gasteiger charge is -2.41. The van der Waals surface area contributed by atoms with Crippen molar-refractivity contribution in [3.8, 4) is 5.69 Å². The topological polar surface area (TPSA) is 94.3 Å². The third-order valence-corrected chi connectivity index (χ3v) is 6.85. The molecule has 1 aliphatic heterocycles. The summed E-state index contributed by atoms with van der Waals surface area (Å²) in [5.74, 6) is -0.424. The fraction of sp³-hybridized carbons (Fsp3) is 0.273. The van der Waals surface area contributed by atoms with E-state index in [1.807, 2.05) is 0 Å². The Hall–Kier alpha value is -3.38. The molecule has 179 valence electrons. The van der Waals surface area contributed by atoms with Crippen LogP contribution in [0, 0.1) is 0 Å². The van der Waals surface area contributed by atoms with E-state index >= 15 is 0 Å². The molecule has 13 heteroatoms. The molecule has 5 rings (SSSR count). The number of para-hydroxylation sites is 1. The second kappa shape index (κ2) is 8.68. The highest BCUT2D eigenvalue weighted by atomic mass is 35.5. The van der Waals surface area contributed by atoms with Crippen molar-refractivity contribution in [3.05, 3.63) is 75.6 Å². The number of piperidine rings is 1. The molecule has 1 aromatic carbocycles. The number of aromatic nitrogens is 5. The first-order chi connectivity index (χ1) is 16.7. The quantitative estimate of drug-likeness (QED) is 0.416. The zero-order valence-electron chi connectivity index (χ0n) is 18.1. The van der Waals surface area contributed by atoms with E-state index in [-0.39, 0.29) is 40.2 Å². The van der Waals surface area contributed by atoms with Crippen LogP contribution in [0.25, 0.3) is 11.2 Å². The molecule has 0 aliphatic carbocycles. The number of halogens is 4. The van der Waals surface area contributed by atoms with E-state index in [9.17, 15) is 18.0 Å². The van der Waals surface area contributed by atoms with Gasteiger partial charge in [-0.05, 0) is 36.6 Å². The summed E-state index contributed by atoms with van der Waals surface area (Å²) in [7, 11) is 3.70. The summed E-state index contributed by atoms with van der Waals surface area (Å²) in [5, 5.41) is 4.88. The smallest absolute Gasteiger partial charge is 0.368 e. The highest BCUT2D eigenvalue weighted by Gasteiger charge is 2.42. The van der Waals surface area contributed by atoms with Gasteiger partial charge in [0.1, 0.15) is 16.9 Å². The first-order valence-corrected chi connectivity index (χ1v) is 11.6. The maximum absolute atomic E-state index is 13.9. The monoisotopic (exact) mass is 516 g/mol. The lowest BCUT2D eigenvalue weighted by Crippen LogP contribution is -2.42. The van der Waals surface area contributed by atoms with Gasteiger partial charge in [0.2, 0.25) is 5.95 Å². The largest absolute Gasteiger partial charge is 0.421 e. The molecule has 2 unspecified atom stereocenters. The minimum Gasteiger partial charge on any atom is -0.368 e. The molecule has 0 saturated carbocycles. The average molecular weight is 517 g/mol. The number of benzene rings is 1. The SMILES string of the molecule is Nc1ncc(C(F)(F)F)c(N2CCCC([Si])C2c2nn3ccc(Cl)c3c(=O)n2-c2ccccc2)n1. The minimum absolute atomic E-state index is 0.161. The molecule has 3 aromatic heterocycles. The molecule has 4 heterocycles. The molecule has 2 atom stereocenters. The van der Waals surface area contributed by atoms with E-state index in [0.717, 1.165) is 0 Å². The number of fused-ring (bicyclic) bond motifs is 1. The zero-order valence-corrected chi connectivity index (χ0v) is 19.8. The van der Waals surface area contributed by atoms with Crippen LogP contribution in [0.1, 0.15) is 30.3 Å². The molecule has 3 radical (unpaired) electrons. The van der Waals surface area contributed by atoms with Crippen LogP contribution in [-0.2, 0) is 6.18 Å². The van der Waals surface area contributed by atoms with Gasteiger partial charge in [-0.2, -0.15) is 23.3 Å². The van der Waals surface area contributed by atoms with Crippen molar-refractivity contribution in [1.29, 1.82) is 0 Å². The number of hydrogen-bond donors (Lipinski definition) is 1. The Labute approximate surface area is 205 Å². The van der Waals surface area contributed by atoms with Gasteiger partial charge in [0.05, 0.1) is 16.8 Å². The second-order valence-corrected chi connectivity index (χ2v) is 9.29. The summed E-state index contributed by atoms with van der Waals surface area (Å²) in [6, 6.07) is 9.50. The Balaban J connectivity index is 1.80. The first kappa shape index (κ1) is 23.4. The Morgan fingerprint density at radius 1 is 1.17 bits per heavy atom. The molecule has 8 nitrogen and oxygen atoms in total. The van der Waals surface area contributed by atoms with Gasteiger partial charge in [-0.25, -0.2) is 9.50 Å². The van der Waals surface area contributed by atoms with Crippen LogP contribution in [0.5, 0.6) is 0 Å². The number of nitrogens with two attached hydrogens (primary N) is 1. The van der Waals surface area contributed by atoms with Crippen LogP contribution >= 0.6 is 11.6 Å². The molecule has 1 aliphatic rings. The van der Waals surface area contributed by atoms with Crippen molar-refractivity contribution in [2.75, 3.05) is 17.2 Å². The normalized spacial score (nSPS) is 18.8. The second-order valence-electron chi connectivity index (χ2n) is 8.14. The number of hydrogen-bond acceptors (Lipinski definition) is 6. The van der Waals surface area contributed by atoms with Crippen LogP contribution in [0.3, 0.4) is 0 Å². The fourth-order valence-electron chi connectivity index (χ4n) is 4.42. The molecule has 0 amide bonds. The molecular weight excluding hydrogens is 499 g/mol. The minimum atomic E-state index is -4.71. The van der Waals surface area contributed by atoms with Crippen LogP contribution in [-0.4, -0.2) is 40.9 Å². The van der Waals surface area contributed by atoms with Crippen molar-refractivity contribution < 1.29 is 13.2 Å². The number of nitrogens with zero attached hydrogens (tertiary/aromatic N) is 6. The molecule has 1 saturated heterocycles. The number of anilines is 2. The van der Waals surface area contributed by atoms with Gasteiger partial charge in [-0.15, -0.1) is 0 Å². The molecule has 2 N–H and O–H groups in total. The van der Waals surface area contributed by atoms with Crippen LogP contribution in [0.4, 0.5) is 24.9 Å². The number of nitrogen functional groups attached to an aromatic ring is 1. The highest BCUT2D eigenvalue weighted by Crippen LogP contribution is 2.44. The zero-order chi connectivity index (χ0) is 24.9. The molecule has 0 spiro atoms. The third kappa shape index (κ3) is 4.06. The molecule has 1 fully saturated rings. The van der Waals surface area contributed by atoms with Gasteiger partial charge >= 0.3 is 6.18 Å². The Morgan fingerprint density at radius 2 is 1.91 bits per heavy atom. The average Bonchev–Trinajstić information content (AvgIpc) is 3.19. The van der Waals surface area contributed by atoms with Gasteiger partial charge in [0, 0.05) is 29.2 Å². The van der Waals surface area contributed by atoms with E-state index < -0.39 is 23.3 Å². The summed E-state index contributed by atoms with van der Waals surface area (Å²) in [6.45, 7) is 0.236. The Bertz CT molecular complexity index is 1460. The summed E-state index contributed by atoms with van der Waals surface area (Å²) >= 11 is 6.27. The molecule has 35 heavy (non-hydrogen) atoms. The maximum Gasteiger partial charge on any atom is 0.421 e. The standard InChI is InChI=1S/C22H18ClF3N7OSi/c23-14-8-10-32-16(14)20(34)33(12-5-2-1-3-6-12)19(30-32)17-15(35)7-4-9-31(17)18-13(22(24,25)26)11-28-21(27)29-18/h1-3,5-6,8,10-11,15,17H,4,7,9H2,(H2,27,28,29). The molecule has 4 aromatic rings. The predicted molar refractivity (Wildman–Crippen MR) is 126 cm³/mol. The summed E-state index contributed by atoms with van der Waals surface area (Å²) < 4.78 is 44.5. The van der Waals surface area contributed by atoms with Crippen molar-refractivity contribution in [2.45, 2.75) is 30.6 Å². The van der Waals surface area contributed by atoms with Crippen molar-refractivity contribution in [3.63, 3.8) is 0 Å². The van der Waals surface area contributed by atoms with Crippen molar-refractivity contribution >= 4 is 39.1 Å². The molecule has 0 bridgehead atoms. The Morgan fingerprint density at radius 3 is 2.63 bits per heavy atom. The van der Waals surface area contributed by atoms with Gasteiger partial charge in [-0.1, -0.05) is 29.8 Å². The Kier molecular flexibility index (Phi) is 5.80. The summed E-state index contributed by atoms with van der Waals surface area (Å²) in [4.78, 5) is 22.7. The summed E-state index contributed by atoms with van der Waals surface area (Å²) in [6.07, 6.45) is -1.28. The lowest BCUT2D eigenvalue weighted by atomic mass is 9.99. The van der Waals surface area contributed by atoms with E-state index in [1.165, 1.54) is 20.2 Å². The number of rotatable bonds is 3. The van der Waals surface area contributed by atoms with Crippen LogP contribution < -0.4 is 16.2 Å². The van der Waals surface area contributed by atoms with Crippen LogP contribution in [0.2, 0.25) is 10.6 Å². The van der Waals surface area contributed by atoms with Gasteiger partial charge in [-0.3, -0.25) is 9.36 Å². The van der Waals surface area contributed by atoms with E-state index in [0.29, 0.717) is 24.7 Å². The van der Waals surface area contributed by atoms with Gasteiger partial charge in [0.15, 0.2) is 5.82 Å². The lowest BCUT2D eigenvalue weighted by molar-refractivity contribution is -0.137. The van der Waals surface area contributed by atoms with Gasteiger partial charge < -0.3 is 10.6 Å². The highest BCUT2D eigenvalue weighted by molar-refractivity contribution is 6.33. The summed E-state index contributed by atoms with van der Waals surface area (Å²) in [5.41, 5.74) is 4.55. The predicted octanol–water partition coefficient (Wildman–Crippen LogP) is 3.83. The number of alkyl halides is 3. The van der Waals surface area contributed by atoms with Gasteiger partial charge in [0.25, 0.3) is 5.56 Å². The maximum atomic E-state index is 13.9. The fourth-order valence-corrected chi connectivity index (χ4v) is 5.18. The van der Waals surface area contributed by atoms with Crippen LogP contribution in [0.15, 0.2) is 53.6 Å². The van der Waals surface area contributed by atoms with E-state index in [2.05, 4.69) is 25.3 Å². The van der Waals surface area contributed by atoms with Crippen molar-refractivity contribution in [2.24, 2.45) is 0 Å². The van der Waals surface area contributed by atoms with Crippen molar-refractivity contribution in [1.82, 2.24) is 24.1 Å². The van der Waals surface area contributed by atoms with E-state index in [4.69, 9.17) is 17.3 Å². The van der Waals surface area contributed by atoms with E-state index in [1.54, 1.807) is 36.4 Å². The first-order valence-electron chi connectivity index (χ1n) is 10.7.